The Morgan fingerprint density at radius 3 is 2.75 bits per heavy atom. The molecular weight excluding hydrogens is 435 g/mol. The standard InChI is InChI=1S/C20H22AsN4O2S/c1-20(2)18-14(19(26)25(20)9-10-27-4)12-15(28-18)13-5-7-22-16(11-13)21-17-6-8-23-24(17)3/h5-8,11-12H,9-10H2,1-4H3. The molecule has 0 aliphatic carbocycles. The molecule has 145 valence electrons. The van der Waals surface area contributed by atoms with Gasteiger partial charge < -0.3 is 0 Å². The van der Waals surface area contributed by atoms with Crippen LogP contribution in [-0.2, 0) is 17.3 Å². The number of hydrogen-bond acceptors (Lipinski definition) is 5. The zero-order chi connectivity index (χ0) is 19.9. The van der Waals surface area contributed by atoms with Crippen LogP contribution in [0.15, 0.2) is 36.7 Å². The van der Waals surface area contributed by atoms with Crippen molar-refractivity contribution in [1.82, 2.24) is 19.7 Å². The minimum absolute atomic E-state index is 0.0926. The maximum absolute atomic E-state index is 12.9. The van der Waals surface area contributed by atoms with Gasteiger partial charge in [0.25, 0.3) is 0 Å². The van der Waals surface area contributed by atoms with Crippen LogP contribution < -0.4 is 8.96 Å². The van der Waals surface area contributed by atoms with Crippen LogP contribution in [0.4, 0.5) is 0 Å². The first-order chi connectivity index (χ1) is 13.4. The van der Waals surface area contributed by atoms with Crippen molar-refractivity contribution in [3.8, 4) is 10.4 Å². The molecule has 6 nitrogen and oxygen atoms in total. The summed E-state index contributed by atoms with van der Waals surface area (Å²) < 4.78 is 9.37. The van der Waals surface area contributed by atoms with E-state index in [1.807, 2.05) is 47.2 Å². The Kier molecular flexibility index (Phi) is 5.16. The predicted octanol–water partition coefficient (Wildman–Crippen LogP) is 1.54. The van der Waals surface area contributed by atoms with Gasteiger partial charge in [-0.05, 0) is 0 Å². The van der Waals surface area contributed by atoms with E-state index in [1.54, 1.807) is 18.4 Å². The van der Waals surface area contributed by atoms with Crippen LogP contribution in [0.2, 0.25) is 0 Å². The molecule has 0 aromatic carbocycles. The van der Waals surface area contributed by atoms with Crippen LogP contribution in [0.25, 0.3) is 10.4 Å². The fraction of sp³-hybridized carbons (Fsp3) is 0.350. The van der Waals surface area contributed by atoms with E-state index in [1.165, 1.54) is 4.48 Å². The van der Waals surface area contributed by atoms with Crippen LogP contribution in [0.5, 0.6) is 0 Å². The molecule has 3 aromatic heterocycles. The normalized spacial score (nSPS) is 15.7. The van der Waals surface area contributed by atoms with Gasteiger partial charge in [-0.2, -0.15) is 0 Å². The van der Waals surface area contributed by atoms with E-state index in [2.05, 4.69) is 30.0 Å². The molecule has 0 atom stereocenters. The maximum atomic E-state index is 12.9. The van der Waals surface area contributed by atoms with E-state index in [0.29, 0.717) is 13.2 Å². The number of ether oxygens (including phenoxy) is 1. The van der Waals surface area contributed by atoms with E-state index in [-0.39, 0.29) is 27.2 Å². The molecular formula is C20H22AsN4O2S. The molecule has 8 heteroatoms. The number of pyridine rings is 1. The topological polar surface area (TPSA) is 60.2 Å². The number of nitrogens with zero attached hydrogens (tertiary/aromatic N) is 4. The molecule has 0 unspecified atom stereocenters. The molecule has 0 bridgehead atoms. The molecule has 1 radical (unpaired) electrons. The summed E-state index contributed by atoms with van der Waals surface area (Å²) in [6.45, 7) is 5.37. The number of carbonyl (C=O) groups excluding carboxylic acids is 1. The Balaban J connectivity index is 1.63. The summed E-state index contributed by atoms with van der Waals surface area (Å²) in [5, 5.41) is 4.24. The van der Waals surface area contributed by atoms with E-state index >= 15 is 0 Å². The molecule has 4 heterocycles. The van der Waals surface area contributed by atoms with Crippen LogP contribution >= 0.6 is 11.3 Å². The van der Waals surface area contributed by atoms with Gasteiger partial charge in [-0.1, -0.05) is 0 Å². The number of amides is 1. The molecule has 1 aliphatic heterocycles. The first-order valence-electron chi connectivity index (χ1n) is 9.03. The van der Waals surface area contributed by atoms with Gasteiger partial charge in [0, 0.05) is 0 Å². The monoisotopic (exact) mass is 457 g/mol. The fourth-order valence-electron chi connectivity index (χ4n) is 3.46. The van der Waals surface area contributed by atoms with Crippen molar-refractivity contribution < 1.29 is 9.53 Å². The number of fused-ring (bicyclic) bond motifs is 1. The minimum atomic E-state index is -0.315. The fourth-order valence-corrected chi connectivity index (χ4v) is 6.61. The summed E-state index contributed by atoms with van der Waals surface area (Å²) in [6, 6.07) is 8.25. The number of thiophene rings is 1. The molecule has 0 fully saturated rings. The van der Waals surface area contributed by atoms with E-state index in [4.69, 9.17) is 4.74 Å². The van der Waals surface area contributed by atoms with E-state index < -0.39 is 0 Å². The summed E-state index contributed by atoms with van der Waals surface area (Å²) in [5.74, 6) is 0.0926. The number of rotatable bonds is 6. The second kappa shape index (κ2) is 7.47. The SMILES string of the molecule is COCCN1C(=O)c2cc(-c3ccnc([As]c4ccnn4C)c3)sc2C1(C)C. The van der Waals surface area contributed by atoms with Crippen LogP contribution in [-0.4, -0.2) is 61.6 Å². The zero-order valence-corrected chi connectivity index (χ0v) is 19.0. The molecule has 0 N–H and O–H groups in total. The second-order valence-electron chi connectivity index (χ2n) is 7.19. The summed E-state index contributed by atoms with van der Waals surface area (Å²) in [4.78, 5) is 21.6. The van der Waals surface area contributed by atoms with Gasteiger partial charge in [0.2, 0.25) is 0 Å². The van der Waals surface area contributed by atoms with Gasteiger partial charge in [0.05, 0.1) is 0 Å². The zero-order valence-electron chi connectivity index (χ0n) is 16.3. The van der Waals surface area contributed by atoms with Crippen molar-refractivity contribution in [1.29, 1.82) is 0 Å². The first kappa shape index (κ1) is 19.4. The van der Waals surface area contributed by atoms with Gasteiger partial charge >= 0.3 is 175 Å². The van der Waals surface area contributed by atoms with Crippen molar-refractivity contribution in [2.24, 2.45) is 7.05 Å². The average Bonchev–Trinajstić information content (AvgIpc) is 3.33. The predicted molar refractivity (Wildman–Crippen MR) is 112 cm³/mol. The van der Waals surface area contributed by atoms with Gasteiger partial charge in [0.15, 0.2) is 0 Å². The van der Waals surface area contributed by atoms with Gasteiger partial charge in [-0.3, -0.25) is 0 Å². The molecule has 3 aromatic rings. The Bertz CT molecular complexity index is 1030. The number of carbonyl (C=O) groups is 1. The molecule has 0 saturated carbocycles. The number of hydrogen-bond donors (Lipinski definition) is 0. The van der Waals surface area contributed by atoms with Gasteiger partial charge in [-0.25, -0.2) is 0 Å². The third-order valence-corrected chi connectivity index (χ3v) is 8.90. The average molecular weight is 457 g/mol. The quantitative estimate of drug-likeness (QED) is 0.527. The van der Waals surface area contributed by atoms with Crippen LogP contribution in [0.1, 0.15) is 29.1 Å². The van der Waals surface area contributed by atoms with Crippen molar-refractivity contribution in [2.45, 2.75) is 19.4 Å². The van der Waals surface area contributed by atoms with E-state index in [0.717, 1.165) is 25.4 Å². The molecule has 28 heavy (non-hydrogen) atoms. The Morgan fingerprint density at radius 1 is 1.25 bits per heavy atom. The van der Waals surface area contributed by atoms with Gasteiger partial charge in [-0.15, -0.1) is 0 Å². The molecule has 1 amide bonds. The van der Waals surface area contributed by atoms with Gasteiger partial charge in [0.1, 0.15) is 0 Å². The van der Waals surface area contributed by atoms with Crippen molar-refractivity contribution in [3.05, 3.63) is 47.1 Å². The number of aryl methyl sites for hydroxylation is 1. The molecule has 0 spiro atoms. The Labute approximate surface area is 175 Å². The Hall–Kier alpha value is -1.95. The van der Waals surface area contributed by atoms with Crippen LogP contribution in [0, 0.1) is 0 Å². The summed E-state index contributed by atoms with van der Waals surface area (Å²) in [7, 11) is 3.62. The number of aromatic nitrogens is 3. The second-order valence-corrected chi connectivity index (χ2v) is 10.6. The molecule has 0 saturated heterocycles. The number of methoxy groups -OCH3 is 1. The van der Waals surface area contributed by atoms with Crippen molar-refractivity contribution >= 4 is 42.0 Å². The summed E-state index contributed by atoms with van der Waals surface area (Å²) >= 11 is 1.48. The summed E-state index contributed by atoms with van der Waals surface area (Å²) in [6.07, 6.45) is 3.68. The van der Waals surface area contributed by atoms with Crippen molar-refractivity contribution in [3.63, 3.8) is 0 Å². The third kappa shape index (κ3) is 3.32. The first-order valence-corrected chi connectivity index (χ1v) is 11.7. The summed E-state index contributed by atoms with van der Waals surface area (Å²) in [5.41, 5.74) is 1.62. The van der Waals surface area contributed by atoms with Crippen LogP contribution in [0.3, 0.4) is 0 Å². The van der Waals surface area contributed by atoms with E-state index in [9.17, 15) is 4.79 Å². The Morgan fingerprint density at radius 2 is 2.07 bits per heavy atom. The van der Waals surface area contributed by atoms with Crippen molar-refractivity contribution in [2.75, 3.05) is 20.3 Å². The molecule has 1 aliphatic rings. The third-order valence-electron chi connectivity index (χ3n) is 5.01. The molecule has 4 rings (SSSR count).